The first-order chi connectivity index (χ1) is 14.9. The summed E-state index contributed by atoms with van der Waals surface area (Å²) < 4.78 is 33.6. The summed E-state index contributed by atoms with van der Waals surface area (Å²) in [6, 6.07) is 21.8. The van der Waals surface area contributed by atoms with Gasteiger partial charge in [-0.1, -0.05) is 46.3 Å². The number of nitrogens with zero attached hydrogens (tertiary/aromatic N) is 2. The Bertz CT molecular complexity index is 1150. The van der Waals surface area contributed by atoms with Gasteiger partial charge in [-0.2, -0.15) is 5.10 Å². The van der Waals surface area contributed by atoms with Gasteiger partial charge in [-0.3, -0.25) is 9.10 Å². The summed E-state index contributed by atoms with van der Waals surface area (Å²) in [6.07, 6.45) is 1.48. The highest BCUT2D eigenvalue weighted by molar-refractivity contribution is 9.10. The van der Waals surface area contributed by atoms with Crippen LogP contribution in [0.2, 0.25) is 0 Å². The highest BCUT2D eigenvalue weighted by atomic mass is 79.9. The second-order valence-electron chi connectivity index (χ2n) is 6.37. The molecule has 1 N–H and O–H groups in total. The molecule has 0 unspecified atom stereocenters. The molecule has 0 aromatic heterocycles. The molecule has 0 saturated carbocycles. The van der Waals surface area contributed by atoms with Gasteiger partial charge in [-0.25, -0.2) is 13.8 Å². The predicted octanol–water partition coefficient (Wildman–Crippen LogP) is 3.80. The summed E-state index contributed by atoms with van der Waals surface area (Å²) in [5, 5.41) is 3.92. The number of sulfonamides is 1. The van der Waals surface area contributed by atoms with Crippen LogP contribution < -0.4 is 14.5 Å². The molecule has 31 heavy (non-hydrogen) atoms. The normalized spacial score (nSPS) is 11.3. The highest BCUT2D eigenvalue weighted by Crippen LogP contribution is 2.24. The van der Waals surface area contributed by atoms with Crippen LogP contribution in [0.15, 0.2) is 93.3 Å². The monoisotopic (exact) mass is 501 g/mol. The molecule has 9 heteroatoms. The molecule has 3 rings (SSSR count). The van der Waals surface area contributed by atoms with Crippen molar-refractivity contribution in [2.24, 2.45) is 5.10 Å². The molecule has 0 radical (unpaired) electrons. The third-order valence-corrected chi connectivity index (χ3v) is 6.57. The Labute approximate surface area is 189 Å². The minimum atomic E-state index is -4.00. The minimum Gasteiger partial charge on any atom is -0.497 e. The predicted molar refractivity (Wildman–Crippen MR) is 124 cm³/mol. The molecular weight excluding hydrogens is 482 g/mol. The first-order valence-corrected chi connectivity index (χ1v) is 11.4. The van der Waals surface area contributed by atoms with E-state index in [4.69, 9.17) is 4.74 Å². The van der Waals surface area contributed by atoms with E-state index in [0.717, 1.165) is 14.3 Å². The SMILES string of the molecule is COc1ccc(S(=O)(=O)N(CC(=O)N/N=C\c2ccc(Br)cc2)c2ccccc2)cc1. The number of carbonyl (C=O) groups is 1. The van der Waals surface area contributed by atoms with Crippen molar-refractivity contribution >= 4 is 43.8 Å². The lowest BCUT2D eigenvalue weighted by molar-refractivity contribution is -0.119. The number of nitrogens with one attached hydrogen (secondary N) is 1. The van der Waals surface area contributed by atoms with Crippen LogP contribution in [0.5, 0.6) is 5.75 Å². The largest absolute Gasteiger partial charge is 0.497 e. The van der Waals surface area contributed by atoms with Crippen LogP contribution in [0.1, 0.15) is 5.56 Å². The van der Waals surface area contributed by atoms with E-state index < -0.39 is 22.5 Å². The van der Waals surface area contributed by atoms with E-state index in [1.807, 2.05) is 24.3 Å². The number of hydrogen-bond acceptors (Lipinski definition) is 5. The molecule has 0 bridgehead atoms. The lowest BCUT2D eigenvalue weighted by Crippen LogP contribution is -2.39. The van der Waals surface area contributed by atoms with Crippen LogP contribution in [-0.2, 0) is 14.8 Å². The Balaban J connectivity index is 1.80. The van der Waals surface area contributed by atoms with Gasteiger partial charge in [0.1, 0.15) is 12.3 Å². The standard InChI is InChI=1S/C22H20BrN3O4S/c1-30-20-11-13-21(14-12-20)31(28,29)26(19-5-3-2-4-6-19)16-22(27)25-24-15-17-7-9-18(23)10-8-17/h2-15H,16H2,1H3,(H,25,27)/b24-15-. The smallest absolute Gasteiger partial charge is 0.264 e. The number of amides is 1. The maximum atomic E-state index is 13.3. The molecule has 0 heterocycles. The Morgan fingerprint density at radius 3 is 2.29 bits per heavy atom. The molecule has 0 atom stereocenters. The number of ether oxygens (including phenoxy) is 1. The zero-order chi connectivity index (χ0) is 22.3. The fourth-order valence-corrected chi connectivity index (χ4v) is 4.36. The lowest BCUT2D eigenvalue weighted by atomic mass is 10.2. The van der Waals surface area contributed by atoms with Crippen LogP contribution in [0.3, 0.4) is 0 Å². The van der Waals surface area contributed by atoms with Gasteiger partial charge in [0.25, 0.3) is 15.9 Å². The summed E-state index contributed by atoms with van der Waals surface area (Å²) in [7, 11) is -2.50. The van der Waals surface area contributed by atoms with Crippen molar-refractivity contribution in [3.05, 3.63) is 88.9 Å². The lowest BCUT2D eigenvalue weighted by Gasteiger charge is -2.23. The fourth-order valence-electron chi connectivity index (χ4n) is 2.68. The van der Waals surface area contributed by atoms with Crippen molar-refractivity contribution < 1.29 is 17.9 Å². The first-order valence-electron chi connectivity index (χ1n) is 9.19. The summed E-state index contributed by atoms with van der Waals surface area (Å²) in [5.41, 5.74) is 3.53. The van der Waals surface area contributed by atoms with Crippen LogP contribution in [0, 0.1) is 0 Å². The maximum absolute atomic E-state index is 13.3. The van der Waals surface area contributed by atoms with E-state index in [-0.39, 0.29) is 4.90 Å². The summed E-state index contributed by atoms with van der Waals surface area (Å²) in [6.45, 7) is -0.434. The molecule has 0 saturated heterocycles. The number of rotatable bonds is 8. The van der Waals surface area contributed by atoms with E-state index in [0.29, 0.717) is 11.4 Å². The Morgan fingerprint density at radius 1 is 1.03 bits per heavy atom. The van der Waals surface area contributed by atoms with Gasteiger partial charge in [0.05, 0.1) is 23.9 Å². The van der Waals surface area contributed by atoms with Gasteiger partial charge in [0, 0.05) is 4.47 Å². The number of hydrogen-bond donors (Lipinski definition) is 1. The fraction of sp³-hybridized carbons (Fsp3) is 0.0909. The molecule has 0 aliphatic rings. The van der Waals surface area contributed by atoms with Crippen LogP contribution >= 0.6 is 15.9 Å². The average molecular weight is 502 g/mol. The Kier molecular flexibility index (Phi) is 7.43. The topological polar surface area (TPSA) is 88.1 Å². The van der Waals surface area contributed by atoms with Crippen molar-refractivity contribution in [3.8, 4) is 5.75 Å². The molecule has 3 aromatic carbocycles. The molecule has 0 spiro atoms. The number of anilines is 1. The molecule has 1 amide bonds. The third kappa shape index (κ3) is 5.93. The summed E-state index contributed by atoms with van der Waals surface area (Å²) >= 11 is 3.35. The van der Waals surface area contributed by atoms with Gasteiger partial charge < -0.3 is 4.74 Å². The van der Waals surface area contributed by atoms with Crippen molar-refractivity contribution in [1.29, 1.82) is 0 Å². The van der Waals surface area contributed by atoms with Crippen LogP contribution in [0.4, 0.5) is 5.69 Å². The molecule has 0 fully saturated rings. The number of para-hydroxylation sites is 1. The van der Waals surface area contributed by atoms with Gasteiger partial charge in [-0.05, 0) is 54.1 Å². The zero-order valence-electron chi connectivity index (χ0n) is 16.6. The highest BCUT2D eigenvalue weighted by Gasteiger charge is 2.27. The first kappa shape index (κ1) is 22.5. The molecule has 7 nitrogen and oxygen atoms in total. The zero-order valence-corrected chi connectivity index (χ0v) is 19.0. The van der Waals surface area contributed by atoms with Gasteiger partial charge in [0.2, 0.25) is 0 Å². The molecule has 160 valence electrons. The molecule has 3 aromatic rings. The molecule has 0 aliphatic heterocycles. The van der Waals surface area contributed by atoms with Crippen LogP contribution in [-0.4, -0.2) is 34.2 Å². The van der Waals surface area contributed by atoms with Gasteiger partial charge in [0.15, 0.2) is 0 Å². The number of halogens is 1. The number of hydrazone groups is 1. The van der Waals surface area contributed by atoms with E-state index in [9.17, 15) is 13.2 Å². The minimum absolute atomic E-state index is 0.0447. The molecule has 0 aliphatic carbocycles. The van der Waals surface area contributed by atoms with Crippen molar-refractivity contribution in [3.63, 3.8) is 0 Å². The summed E-state index contributed by atoms with van der Waals surface area (Å²) in [5.74, 6) is -0.0421. The quantitative estimate of drug-likeness (QED) is 0.375. The number of benzene rings is 3. The van der Waals surface area contributed by atoms with E-state index in [1.54, 1.807) is 42.5 Å². The number of methoxy groups -OCH3 is 1. The second kappa shape index (κ2) is 10.2. The summed E-state index contributed by atoms with van der Waals surface area (Å²) in [4.78, 5) is 12.5. The second-order valence-corrected chi connectivity index (χ2v) is 9.15. The maximum Gasteiger partial charge on any atom is 0.264 e. The third-order valence-electron chi connectivity index (χ3n) is 4.25. The Morgan fingerprint density at radius 2 is 1.68 bits per heavy atom. The van der Waals surface area contributed by atoms with E-state index in [2.05, 4.69) is 26.5 Å². The number of carbonyl (C=O) groups excluding carboxylic acids is 1. The van der Waals surface area contributed by atoms with Gasteiger partial charge >= 0.3 is 0 Å². The van der Waals surface area contributed by atoms with Crippen molar-refractivity contribution in [2.75, 3.05) is 18.0 Å². The van der Waals surface area contributed by atoms with Crippen molar-refractivity contribution in [2.45, 2.75) is 4.90 Å². The van der Waals surface area contributed by atoms with Crippen molar-refractivity contribution in [1.82, 2.24) is 5.43 Å². The average Bonchev–Trinajstić information content (AvgIpc) is 2.79. The van der Waals surface area contributed by atoms with Gasteiger partial charge in [-0.15, -0.1) is 0 Å². The Hall–Kier alpha value is -3.17. The molecular formula is C22H20BrN3O4S. The van der Waals surface area contributed by atoms with Crippen LogP contribution in [0.25, 0.3) is 0 Å². The van der Waals surface area contributed by atoms with E-state index >= 15 is 0 Å². The van der Waals surface area contributed by atoms with E-state index in [1.165, 1.54) is 25.5 Å².